The van der Waals surface area contributed by atoms with E-state index in [1.807, 2.05) is 6.20 Å². The molecule has 1 heterocycles. The molecule has 0 atom stereocenters. The van der Waals surface area contributed by atoms with E-state index in [9.17, 15) is 0 Å². The van der Waals surface area contributed by atoms with E-state index in [2.05, 4.69) is 106 Å². The van der Waals surface area contributed by atoms with E-state index in [4.69, 9.17) is 4.98 Å². The molecule has 0 bridgehead atoms. The van der Waals surface area contributed by atoms with Crippen LogP contribution in [0.25, 0.3) is 27.5 Å². The molecule has 39 heavy (non-hydrogen) atoms. The highest BCUT2D eigenvalue weighted by Crippen LogP contribution is 2.37. The van der Waals surface area contributed by atoms with Gasteiger partial charge in [-0.3, -0.25) is 0 Å². The smallest absolute Gasteiger partial charge is 0.140 e. The highest BCUT2D eigenvalue weighted by Gasteiger charge is 2.24. The van der Waals surface area contributed by atoms with Gasteiger partial charge < -0.3 is 4.90 Å². The summed E-state index contributed by atoms with van der Waals surface area (Å²) in [7, 11) is 0. The maximum absolute atomic E-state index is 4.95. The van der Waals surface area contributed by atoms with E-state index in [1.54, 1.807) is 0 Å². The van der Waals surface area contributed by atoms with Crippen molar-refractivity contribution in [2.24, 2.45) is 5.92 Å². The Morgan fingerprint density at radius 2 is 1.62 bits per heavy atom. The normalized spacial score (nSPS) is 13.9. The molecule has 1 fully saturated rings. The van der Waals surface area contributed by atoms with Gasteiger partial charge in [0.2, 0.25) is 0 Å². The van der Waals surface area contributed by atoms with Crippen molar-refractivity contribution in [1.82, 2.24) is 4.98 Å². The first-order chi connectivity index (χ1) is 19.0. The minimum absolute atomic E-state index is 0.509. The van der Waals surface area contributed by atoms with Gasteiger partial charge in [0.25, 0.3) is 0 Å². The van der Waals surface area contributed by atoms with Gasteiger partial charge in [0, 0.05) is 23.8 Å². The van der Waals surface area contributed by atoms with Crippen molar-refractivity contribution in [3.8, 4) is 11.1 Å². The molecule has 1 aliphatic rings. The Labute approximate surface area is 235 Å². The Bertz CT molecular complexity index is 1470. The average molecular weight is 515 g/mol. The number of anilines is 1. The van der Waals surface area contributed by atoms with Crippen LogP contribution in [0.5, 0.6) is 0 Å². The van der Waals surface area contributed by atoms with Crippen LogP contribution in [0.2, 0.25) is 0 Å². The quantitative estimate of drug-likeness (QED) is 0.221. The number of rotatable bonds is 9. The first-order valence-electron chi connectivity index (χ1n) is 14.7. The lowest BCUT2D eigenvalue weighted by atomic mass is 9.86. The first kappa shape index (κ1) is 26.9. The van der Waals surface area contributed by atoms with Gasteiger partial charge in [-0.25, -0.2) is 4.98 Å². The van der Waals surface area contributed by atoms with Crippen LogP contribution in [-0.4, -0.2) is 4.98 Å². The van der Waals surface area contributed by atoms with E-state index in [0.717, 1.165) is 25.2 Å². The summed E-state index contributed by atoms with van der Waals surface area (Å²) in [4.78, 5) is 7.34. The van der Waals surface area contributed by atoms with Crippen molar-refractivity contribution < 1.29 is 0 Å². The summed E-state index contributed by atoms with van der Waals surface area (Å²) < 4.78 is 0. The second-order valence-electron chi connectivity index (χ2n) is 11.1. The summed E-state index contributed by atoms with van der Waals surface area (Å²) in [5.41, 5.74) is 10.2. The zero-order valence-corrected chi connectivity index (χ0v) is 24.0. The van der Waals surface area contributed by atoms with Crippen molar-refractivity contribution in [3.05, 3.63) is 114 Å². The summed E-state index contributed by atoms with van der Waals surface area (Å²) in [6.45, 7) is 16.3. The van der Waals surface area contributed by atoms with Gasteiger partial charge in [0.15, 0.2) is 0 Å². The second kappa shape index (κ2) is 12.0. The maximum Gasteiger partial charge on any atom is 0.140 e. The van der Waals surface area contributed by atoms with Crippen LogP contribution in [0.3, 0.4) is 0 Å². The predicted octanol–water partition coefficient (Wildman–Crippen LogP) is 10.3. The SMILES string of the molecule is C=C(CC)c1ccc2c(N(Cc3ccc(-c4ccc(CC)c(C)c4)cc3)C(=C)C3CCCCC3)nccc2c1. The van der Waals surface area contributed by atoms with Crippen molar-refractivity contribution in [1.29, 1.82) is 0 Å². The van der Waals surface area contributed by atoms with Gasteiger partial charge in [-0.05, 0) is 95.0 Å². The third-order valence-electron chi connectivity index (χ3n) is 8.61. The third-order valence-corrected chi connectivity index (χ3v) is 8.61. The summed E-state index contributed by atoms with van der Waals surface area (Å²) in [6, 6.07) is 24.7. The van der Waals surface area contributed by atoms with Gasteiger partial charge in [0.1, 0.15) is 5.82 Å². The molecule has 0 spiro atoms. The molecule has 2 heteroatoms. The fourth-order valence-electron chi connectivity index (χ4n) is 6.03. The molecule has 0 amide bonds. The molecule has 1 aliphatic carbocycles. The van der Waals surface area contributed by atoms with Gasteiger partial charge in [-0.2, -0.15) is 0 Å². The molecule has 2 nitrogen and oxygen atoms in total. The molecule has 0 unspecified atom stereocenters. The number of aryl methyl sites for hydroxylation is 2. The Morgan fingerprint density at radius 1 is 0.872 bits per heavy atom. The van der Waals surface area contributed by atoms with E-state index in [-0.39, 0.29) is 0 Å². The number of fused-ring (bicyclic) bond motifs is 1. The zero-order valence-electron chi connectivity index (χ0n) is 24.0. The zero-order chi connectivity index (χ0) is 27.4. The molecule has 0 aliphatic heterocycles. The molecule has 200 valence electrons. The molecule has 3 aromatic carbocycles. The molecule has 0 radical (unpaired) electrons. The molecule has 4 aromatic rings. The van der Waals surface area contributed by atoms with Gasteiger partial charge >= 0.3 is 0 Å². The van der Waals surface area contributed by atoms with Crippen molar-refractivity contribution >= 4 is 22.2 Å². The van der Waals surface area contributed by atoms with E-state index in [0.29, 0.717) is 5.92 Å². The minimum atomic E-state index is 0.509. The standard InChI is InChI=1S/C37H42N2/c1-6-26(3)33-19-20-36-35(24-33)21-22-38-37(36)39(28(5)31-11-9-8-10-12-31)25-29-13-15-32(16-14-29)34-18-17-30(7-2)27(4)23-34/h13-24,31H,3,5-12,25H2,1-2,4H3. The average Bonchev–Trinajstić information content (AvgIpc) is 2.99. The Morgan fingerprint density at radius 3 is 2.31 bits per heavy atom. The van der Waals surface area contributed by atoms with Crippen molar-refractivity contribution in [2.75, 3.05) is 4.90 Å². The number of aromatic nitrogens is 1. The molecule has 0 N–H and O–H groups in total. The maximum atomic E-state index is 4.95. The second-order valence-corrected chi connectivity index (χ2v) is 11.1. The number of hydrogen-bond acceptors (Lipinski definition) is 2. The fourth-order valence-corrected chi connectivity index (χ4v) is 6.03. The monoisotopic (exact) mass is 514 g/mol. The Kier molecular flexibility index (Phi) is 8.31. The molecular weight excluding hydrogens is 472 g/mol. The van der Waals surface area contributed by atoms with Gasteiger partial charge in [-0.15, -0.1) is 0 Å². The number of pyridine rings is 1. The van der Waals surface area contributed by atoms with Crippen LogP contribution in [0, 0.1) is 12.8 Å². The summed E-state index contributed by atoms with van der Waals surface area (Å²) >= 11 is 0. The van der Waals surface area contributed by atoms with E-state index in [1.165, 1.54) is 87.5 Å². The number of allylic oxidation sites excluding steroid dienone is 2. The molecule has 1 saturated carbocycles. The predicted molar refractivity (Wildman–Crippen MR) is 169 cm³/mol. The van der Waals surface area contributed by atoms with Crippen LogP contribution in [-0.2, 0) is 13.0 Å². The molecular formula is C37H42N2. The number of nitrogens with zero attached hydrogens (tertiary/aromatic N) is 2. The van der Waals surface area contributed by atoms with Crippen molar-refractivity contribution in [3.63, 3.8) is 0 Å². The number of hydrogen-bond donors (Lipinski definition) is 0. The third kappa shape index (κ3) is 5.86. The Hall–Kier alpha value is -3.65. The first-order valence-corrected chi connectivity index (χ1v) is 14.7. The summed E-state index contributed by atoms with van der Waals surface area (Å²) in [5.74, 6) is 1.51. The molecule has 0 saturated heterocycles. The highest BCUT2D eigenvalue weighted by molar-refractivity contribution is 5.94. The molecule has 1 aromatic heterocycles. The molecule has 5 rings (SSSR count). The lowest BCUT2D eigenvalue weighted by Crippen LogP contribution is -2.28. The minimum Gasteiger partial charge on any atom is -0.326 e. The van der Waals surface area contributed by atoms with Gasteiger partial charge in [0.05, 0.1) is 0 Å². The van der Waals surface area contributed by atoms with E-state index < -0.39 is 0 Å². The van der Waals surface area contributed by atoms with Crippen molar-refractivity contribution in [2.45, 2.75) is 72.3 Å². The van der Waals surface area contributed by atoms with Crippen LogP contribution in [0.4, 0.5) is 5.82 Å². The fraction of sp³-hybridized carbons (Fsp3) is 0.324. The van der Waals surface area contributed by atoms with Gasteiger partial charge in [-0.1, -0.05) is 101 Å². The van der Waals surface area contributed by atoms with Crippen LogP contribution in [0.1, 0.15) is 74.6 Å². The van der Waals surface area contributed by atoms with Crippen LogP contribution in [0.15, 0.2) is 91.8 Å². The van der Waals surface area contributed by atoms with Crippen LogP contribution < -0.4 is 4.90 Å². The highest BCUT2D eigenvalue weighted by atomic mass is 15.2. The Balaban J connectivity index is 1.49. The lowest BCUT2D eigenvalue weighted by molar-refractivity contribution is 0.395. The summed E-state index contributed by atoms with van der Waals surface area (Å²) in [5, 5.41) is 2.38. The largest absolute Gasteiger partial charge is 0.326 e. The topological polar surface area (TPSA) is 16.1 Å². The van der Waals surface area contributed by atoms with E-state index >= 15 is 0 Å². The summed E-state index contributed by atoms with van der Waals surface area (Å²) in [6.07, 6.45) is 10.3. The lowest BCUT2D eigenvalue weighted by Gasteiger charge is -2.34. The number of benzene rings is 3. The van der Waals surface area contributed by atoms with Crippen LogP contribution >= 0.6 is 0 Å².